The Morgan fingerprint density at radius 1 is 1.25 bits per heavy atom. The highest BCUT2D eigenvalue weighted by Gasteiger charge is 1.88. The molecule has 76 valence electrons. The molecule has 0 amide bonds. The van der Waals surface area contributed by atoms with Gasteiger partial charge in [-0.3, -0.25) is 0 Å². The van der Waals surface area contributed by atoms with Crippen molar-refractivity contribution in [3.8, 4) is 0 Å². The summed E-state index contributed by atoms with van der Waals surface area (Å²) in [6.07, 6.45) is -0.213. The molecule has 4 N–H and O–H groups in total. The minimum Gasteiger partial charge on any atom is -0.395 e. The van der Waals surface area contributed by atoms with Crippen LogP contribution in [0.15, 0.2) is 0 Å². The second-order valence-electron chi connectivity index (χ2n) is 2.78. The van der Waals surface area contributed by atoms with Crippen LogP contribution < -0.4 is 10.6 Å². The molecule has 0 heterocycles. The Bertz CT molecular complexity index is 75.5. The van der Waals surface area contributed by atoms with Crippen molar-refractivity contribution in [1.29, 1.82) is 0 Å². The van der Waals surface area contributed by atoms with Gasteiger partial charge in [-0.2, -0.15) is 0 Å². The van der Waals surface area contributed by atoms with Crippen molar-refractivity contribution < 1.29 is 10.2 Å². The van der Waals surface area contributed by atoms with Gasteiger partial charge in [-0.05, 0) is 27.9 Å². The molecule has 0 bridgehead atoms. The summed E-state index contributed by atoms with van der Waals surface area (Å²) in [5.74, 6) is 0. The van der Waals surface area contributed by atoms with E-state index in [0.29, 0.717) is 6.54 Å². The summed E-state index contributed by atoms with van der Waals surface area (Å²) < 4.78 is 0. The first kappa shape index (κ1) is 14.4. The molecule has 0 aromatic carbocycles. The molecule has 0 saturated heterocycles. The van der Waals surface area contributed by atoms with Gasteiger partial charge in [0.15, 0.2) is 0 Å². The average Bonchev–Trinajstić information content (AvgIpc) is 2.04. The Labute approximate surface area is 75.0 Å². The first-order valence-electron chi connectivity index (χ1n) is 4.19. The van der Waals surface area contributed by atoms with Crippen molar-refractivity contribution in [2.75, 3.05) is 27.2 Å². The molecule has 0 aromatic rings. The Morgan fingerprint density at radius 3 is 1.75 bits per heavy atom. The van der Waals surface area contributed by atoms with Gasteiger partial charge in [0.1, 0.15) is 0 Å². The molecule has 2 atom stereocenters. The third-order valence-electron chi connectivity index (χ3n) is 1.27. The van der Waals surface area contributed by atoms with Gasteiger partial charge < -0.3 is 20.8 Å². The molecule has 0 aliphatic carbocycles. The number of hydrogen-bond donors (Lipinski definition) is 4. The van der Waals surface area contributed by atoms with Crippen LogP contribution in [0.5, 0.6) is 0 Å². The van der Waals surface area contributed by atoms with Crippen LogP contribution in [0.4, 0.5) is 0 Å². The SMILES string of the molecule is CNC(C)CO.CNCC(C)O. The van der Waals surface area contributed by atoms with E-state index in [1.165, 1.54) is 0 Å². The third-order valence-corrected chi connectivity index (χ3v) is 1.27. The van der Waals surface area contributed by atoms with E-state index in [2.05, 4.69) is 10.6 Å². The van der Waals surface area contributed by atoms with Crippen LogP contribution in [-0.2, 0) is 0 Å². The van der Waals surface area contributed by atoms with E-state index >= 15 is 0 Å². The van der Waals surface area contributed by atoms with Crippen LogP contribution in [0, 0.1) is 0 Å². The number of rotatable bonds is 4. The zero-order chi connectivity index (χ0) is 9.98. The summed E-state index contributed by atoms with van der Waals surface area (Å²) in [5.41, 5.74) is 0. The van der Waals surface area contributed by atoms with E-state index in [4.69, 9.17) is 10.2 Å². The Morgan fingerprint density at radius 2 is 1.75 bits per heavy atom. The summed E-state index contributed by atoms with van der Waals surface area (Å²) >= 11 is 0. The maximum absolute atomic E-state index is 8.49. The molecule has 0 rings (SSSR count). The largest absolute Gasteiger partial charge is 0.395 e. The summed E-state index contributed by atoms with van der Waals surface area (Å²) in [5, 5.41) is 22.4. The molecule has 0 aliphatic heterocycles. The fourth-order valence-corrected chi connectivity index (χ4v) is 0.387. The Balaban J connectivity index is 0. The Hall–Kier alpha value is -0.160. The summed E-state index contributed by atoms with van der Waals surface area (Å²) in [6.45, 7) is 4.56. The molecule has 0 spiro atoms. The average molecular weight is 178 g/mol. The molecule has 0 radical (unpaired) electrons. The molecule has 0 aromatic heterocycles. The van der Waals surface area contributed by atoms with Crippen LogP contribution >= 0.6 is 0 Å². The van der Waals surface area contributed by atoms with Crippen LogP contribution in [0.25, 0.3) is 0 Å². The van der Waals surface area contributed by atoms with Gasteiger partial charge in [-0.1, -0.05) is 0 Å². The van der Waals surface area contributed by atoms with Gasteiger partial charge in [-0.15, -0.1) is 0 Å². The van der Waals surface area contributed by atoms with E-state index in [-0.39, 0.29) is 18.8 Å². The molecular weight excluding hydrogens is 156 g/mol. The van der Waals surface area contributed by atoms with Crippen LogP contribution in [0.3, 0.4) is 0 Å². The number of hydrogen-bond acceptors (Lipinski definition) is 4. The lowest BCUT2D eigenvalue weighted by molar-refractivity contribution is 0.194. The van der Waals surface area contributed by atoms with Crippen molar-refractivity contribution in [2.24, 2.45) is 0 Å². The molecule has 0 saturated carbocycles. The van der Waals surface area contributed by atoms with Crippen LogP contribution in [0.1, 0.15) is 13.8 Å². The van der Waals surface area contributed by atoms with Gasteiger partial charge in [0.05, 0.1) is 12.7 Å². The van der Waals surface area contributed by atoms with Gasteiger partial charge in [0, 0.05) is 12.6 Å². The summed E-state index contributed by atoms with van der Waals surface area (Å²) in [4.78, 5) is 0. The van der Waals surface area contributed by atoms with Crippen molar-refractivity contribution in [3.63, 3.8) is 0 Å². The van der Waals surface area contributed by atoms with Gasteiger partial charge in [0.2, 0.25) is 0 Å². The topological polar surface area (TPSA) is 64.5 Å². The fourth-order valence-electron chi connectivity index (χ4n) is 0.387. The zero-order valence-electron chi connectivity index (χ0n) is 8.46. The quantitative estimate of drug-likeness (QED) is 0.454. The van der Waals surface area contributed by atoms with Gasteiger partial charge >= 0.3 is 0 Å². The van der Waals surface area contributed by atoms with Crippen molar-refractivity contribution in [1.82, 2.24) is 10.6 Å². The number of aliphatic hydroxyl groups excluding tert-OH is 2. The van der Waals surface area contributed by atoms with E-state index < -0.39 is 0 Å². The first-order valence-corrected chi connectivity index (χ1v) is 4.19. The van der Waals surface area contributed by atoms with Gasteiger partial charge in [0.25, 0.3) is 0 Å². The van der Waals surface area contributed by atoms with Crippen molar-refractivity contribution >= 4 is 0 Å². The molecular formula is C8H22N2O2. The minimum atomic E-state index is -0.213. The van der Waals surface area contributed by atoms with E-state index in [9.17, 15) is 0 Å². The summed E-state index contributed by atoms with van der Waals surface area (Å²) in [6, 6.07) is 0.241. The highest BCUT2D eigenvalue weighted by Crippen LogP contribution is 1.70. The first-order chi connectivity index (χ1) is 5.58. The lowest BCUT2D eigenvalue weighted by Gasteiger charge is -2.01. The highest BCUT2D eigenvalue weighted by molar-refractivity contribution is 4.49. The molecule has 12 heavy (non-hydrogen) atoms. The third kappa shape index (κ3) is 16.4. The maximum Gasteiger partial charge on any atom is 0.0636 e. The molecule has 4 heteroatoms. The normalized spacial score (nSPS) is 14.5. The number of aliphatic hydroxyl groups is 2. The van der Waals surface area contributed by atoms with Crippen LogP contribution in [-0.4, -0.2) is 49.6 Å². The van der Waals surface area contributed by atoms with Crippen molar-refractivity contribution in [2.45, 2.75) is 26.0 Å². The van der Waals surface area contributed by atoms with Gasteiger partial charge in [-0.25, -0.2) is 0 Å². The lowest BCUT2D eigenvalue weighted by atomic mass is 10.4. The predicted octanol–water partition coefficient (Wildman–Crippen LogP) is -0.827. The Kier molecular flexibility index (Phi) is 13.0. The number of nitrogens with one attached hydrogen (secondary N) is 2. The zero-order valence-corrected chi connectivity index (χ0v) is 8.46. The second-order valence-corrected chi connectivity index (χ2v) is 2.78. The monoisotopic (exact) mass is 178 g/mol. The molecule has 0 aliphatic rings. The van der Waals surface area contributed by atoms with Crippen LogP contribution in [0.2, 0.25) is 0 Å². The maximum atomic E-state index is 8.49. The minimum absolute atomic E-state index is 0.213. The van der Waals surface area contributed by atoms with E-state index in [1.54, 1.807) is 6.92 Å². The highest BCUT2D eigenvalue weighted by atomic mass is 16.3. The van der Waals surface area contributed by atoms with E-state index in [1.807, 2.05) is 21.0 Å². The number of likely N-dealkylation sites (N-methyl/N-ethyl adjacent to an activating group) is 2. The standard InChI is InChI=1S/2C4H11NO/c1-4(3-6)5-2;1-4(6)3-5-2/h2*4-6H,3H2,1-2H3. The second kappa shape index (κ2) is 10.8. The fraction of sp³-hybridized carbons (Fsp3) is 1.00. The lowest BCUT2D eigenvalue weighted by Crippen LogP contribution is -2.24. The predicted molar refractivity (Wildman–Crippen MR) is 51.2 cm³/mol. The molecule has 0 fully saturated rings. The molecule has 4 nitrogen and oxygen atoms in total. The smallest absolute Gasteiger partial charge is 0.0636 e. The molecule has 2 unspecified atom stereocenters. The van der Waals surface area contributed by atoms with E-state index in [0.717, 1.165) is 0 Å². The summed E-state index contributed by atoms with van der Waals surface area (Å²) in [7, 11) is 3.63. The van der Waals surface area contributed by atoms with Crippen molar-refractivity contribution in [3.05, 3.63) is 0 Å².